The molecule has 0 aromatic heterocycles. The molecule has 0 spiro atoms. The number of Topliss-reactive ketones (excluding diaryl/α,β-unsaturated/α-hetero) is 1. The number of sulfonamides is 1. The van der Waals surface area contributed by atoms with E-state index in [4.69, 9.17) is 0 Å². The summed E-state index contributed by atoms with van der Waals surface area (Å²) in [5, 5.41) is 3.56. The minimum atomic E-state index is -3.62. The topological polar surface area (TPSA) is 66.5 Å². The Labute approximate surface area is 167 Å². The van der Waals surface area contributed by atoms with Gasteiger partial charge in [0.2, 0.25) is 0 Å². The first-order valence-electron chi connectivity index (χ1n) is 9.73. The third-order valence-electron chi connectivity index (χ3n) is 5.26. The van der Waals surface area contributed by atoms with Gasteiger partial charge in [-0.3, -0.25) is 4.31 Å². The van der Waals surface area contributed by atoms with Crippen LogP contribution in [0.15, 0.2) is 47.4 Å². The van der Waals surface area contributed by atoms with Crippen LogP contribution in [0.5, 0.6) is 0 Å². The van der Waals surface area contributed by atoms with Crippen molar-refractivity contribution in [3.05, 3.63) is 59.2 Å². The SMILES string of the molecule is CC(=O)CCCCCNC1c2ccccc2N(C)S(=O)(=O)c2cc(C)ccc21. The highest BCUT2D eigenvalue weighted by Gasteiger charge is 2.34. The summed E-state index contributed by atoms with van der Waals surface area (Å²) >= 11 is 0. The van der Waals surface area contributed by atoms with Gasteiger partial charge in [-0.15, -0.1) is 0 Å². The molecule has 3 rings (SSSR count). The number of nitrogens with one attached hydrogen (secondary N) is 1. The molecule has 1 N–H and O–H groups in total. The number of benzene rings is 2. The fraction of sp³-hybridized carbons (Fsp3) is 0.409. The average molecular weight is 401 g/mol. The van der Waals surface area contributed by atoms with Gasteiger partial charge < -0.3 is 10.1 Å². The van der Waals surface area contributed by atoms with Gasteiger partial charge in [0.05, 0.1) is 16.6 Å². The second-order valence-corrected chi connectivity index (χ2v) is 9.41. The summed E-state index contributed by atoms with van der Waals surface area (Å²) in [6.07, 6.45) is 3.43. The fourth-order valence-electron chi connectivity index (χ4n) is 3.71. The molecule has 5 nitrogen and oxygen atoms in total. The number of fused-ring (bicyclic) bond motifs is 2. The van der Waals surface area contributed by atoms with Crippen LogP contribution in [-0.2, 0) is 14.8 Å². The molecule has 0 fully saturated rings. The maximum Gasteiger partial charge on any atom is 0.264 e. The van der Waals surface area contributed by atoms with Gasteiger partial charge in [-0.2, -0.15) is 0 Å². The maximum atomic E-state index is 13.2. The highest BCUT2D eigenvalue weighted by molar-refractivity contribution is 7.92. The van der Waals surface area contributed by atoms with Gasteiger partial charge in [0.1, 0.15) is 5.78 Å². The molecule has 1 heterocycles. The molecule has 6 heteroatoms. The molecule has 0 aliphatic carbocycles. The minimum Gasteiger partial charge on any atom is -0.306 e. The van der Waals surface area contributed by atoms with Crippen molar-refractivity contribution in [2.75, 3.05) is 17.9 Å². The summed E-state index contributed by atoms with van der Waals surface area (Å²) in [5.41, 5.74) is 3.36. The van der Waals surface area contributed by atoms with Crippen LogP contribution < -0.4 is 9.62 Å². The Balaban J connectivity index is 1.93. The number of unbranched alkanes of at least 4 members (excludes halogenated alkanes) is 2. The normalized spacial score (nSPS) is 17.5. The largest absolute Gasteiger partial charge is 0.306 e. The van der Waals surface area contributed by atoms with Gasteiger partial charge in [-0.25, -0.2) is 8.42 Å². The lowest BCUT2D eigenvalue weighted by Gasteiger charge is -2.22. The van der Waals surface area contributed by atoms with Crippen LogP contribution in [0.25, 0.3) is 0 Å². The van der Waals surface area contributed by atoms with Gasteiger partial charge in [0, 0.05) is 13.5 Å². The molecule has 1 unspecified atom stereocenters. The number of carbonyl (C=O) groups excluding carboxylic acids is 1. The number of ketones is 1. The Kier molecular flexibility index (Phi) is 6.20. The molecule has 28 heavy (non-hydrogen) atoms. The second kappa shape index (κ2) is 8.45. The molecule has 0 amide bonds. The molecular weight excluding hydrogens is 372 g/mol. The molecule has 0 saturated heterocycles. The standard InChI is InChI=1S/C22H28N2O3S/c1-16-12-13-19-21(15-16)28(26,27)24(3)20-11-7-6-10-18(20)22(19)23-14-8-4-5-9-17(2)25/h6-7,10-13,15,22-23H,4-5,8-9,14H2,1-3H3. The van der Waals surface area contributed by atoms with E-state index in [0.717, 1.165) is 42.5 Å². The van der Waals surface area contributed by atoms with Crippen molar-refractivity contribution in [2.45, 2.75) is 50.5 Å². The Hall–Kier alpha value is -2.18. The summed E-state index contributed by atoms with van der Waals surface area (Å²) < 4.78 is 27.8. The number of aryl methyl sites for hydroxylation is 1. The number of hydrogen-bond acceptors (Lipinski definition) is 4. The van der Waals surface area contributed by atoms with Crippen molar-refractivity contribution in [3.8, 4) is 0 Å². The zero-order chi connectivity index (χ0) is 20.3. The zero-order valence-corrected chi connectivity index (χ0v) is 17.6. The van der Waals surface area contributed by atoms with Crippen LogP contribution in [0, 0.1) is 6.92 Å². The molecule has 0 bridgehead atoms. The smallest absolute Gasteiger partial charge is 0.264 e. The van der Waals surface area contributed by atoms with Crippen LogP contribution >= 0.6 is 0 Å². The first-order chi connectivity index (χ1) is 13.3. The maximum absolute atomic E-state index is 13.2. The minimum absolute atomic E-state index is 0.195. The summed E-state index contributed by atoms with van der Waals surface area (Å²) in [6, 6.07) is 13.1. The van der Waals surface area contributed by atoms with Crippen molar-refractivity contribution in [3.63, 3.8) is 0 Å². The summed E-state index contributed by atoms with van der Waals surface area (Å²) in [6.45, 7) is 4.29. The number of para-hydroxylation sites is 1. The lowest BCUT2D eigenvalue weighted by atomic mass is 9.96. The molecule has 2 aromatic rings. The average Bonchev–Trinajstić information content (AvgIpc) is 2.72. The van der Waals surface area contributed by atoms with Gasteiger partial charge in [0.25, 0.3) is 10.0 Å². The van der Waals surface area contributed by atoms with E-state index in [1.807, 2.05) is 43.3 Å². The van der Waals surface area contributed by atoms with Crippen LogP contribution in [0.3, 0.4) is 0 Å². The van der Waals surface area contributed by atoms with E-state index >= 15 is 0 Å². The summed E-state index contributed by atoms with van der Waals surface area (Å²) in [7, 11) is -2.00. The van der Waals surface area contributed by atoms with E-state index in [0.29, 0.717) is 17.0 Å². The quantitative estimate of drug-likeness (QED) is 0.715. The van der Waals surface area contributed by atoms with Crippen LogP contribution in [0.1, 0.15) is 55.3 Å². The first-order valence-corrected chi connectivity index (χ1v) is 11.2. The number of rotatable bonds is 7. The predicted octanol–water partition coefficient (Wildman–Crippen LogP) is 3.96. The fourth-order valence-corrected chi connectivity index (χ4v) is 5.25. The van der Waals surface area contributed by atoms with Crippen molar-refractivity contribution in [1.82, 2.24) is 5.32 Å². The van der Waals surface area contributed by atoms with Gasteiger partial charge in [-0.05, 0) is 62.1 Å². The molecule has 150 valence electrons. The van der Waals surface area contributed by atoms with Gasteiger partial charge in [-0.1, -0.05) is 36.8 Å². The first kappa shape index (κ1) is 20.6. The van der Waals surface area contributed by atoms with E-state index in [1.54, 1.807) is 20.0 Å². The number of carbonyl (C=O) groups is 1. The van der Waals surface area contributed by atoms with Gasteiger partial charge >= 0.3 is 0 Å². The highest BCUT2D eigenvalue weighted by atomic mass is 32.2. The Bertz CT molecular complexity index is 969. The zero-order valence-electron chi connectivity index (χ0n) is 16.7. The second-order valence-electron chi connectivity index (χ2n) is 7.47. The van der Waals surface area contributed by atoms with E-state index in [-0.39, 0.29) is 11.8 Å². The van der Waals surface area contributed by atoms with Crippen LogP contribution in [0.2, 0.25) is 0 Å². The number of anilines is 1. The monoisotopic (exact) mass is 400 g/mol. The molecule has 0 saturated carbocycles. The lowest BCUT2D eigenvalue weighted by Crippen LogP contribution is -2.26. The van der Waals surface area contributed by atoms with Gasteiger partial charge in [0.15, 0.2) is 0 Å². The van der Waals surface area contributed by atoms with Crippen molar-refractivity contribution >= 4 is 21.5 Å². The third kappa shape index (κ3) is 4.13. The molecule has 1 aliphatic rings. The highest BCUT2D eigenvalue weighted by Crippen LogP contribution is 2.40. The van der Waals surface area contributed by atoms with Crippen molar-refractivity contribution < 1.29 is 13.2 Å². The number of nitrogens with zero attached hydrogens (tertiary/aromatic N) is 1. The Morgan fingerprint density at radius 3 is 2.57 bits per heavy atom. The predicted molar refractivity (Wildman–Crippen MR) is 112 cm³/mol. The number of hydrogen-bond donors (Lipinski definition) is 1. The van der Waals surface area contributed by atoms with Crippen molar-refractivity contribution in [2.24, 2.45) is 0 Å². The summed E-state index contributed by atoms with van der Waals surface area (Å²) in [5.74, 6) is 0.225. The third-order valence-corrected chi connectivity index (χ3v) is 7.09. The van der Waals surface area contributed by atoms with E-state index in [1.165, 1.54) is 4.31 Å². The summed E-state index contributed by atoms with van der Waals surface area (Å²) in [4.78, 5) is 11.4. The molecule has 1 aliphatic heterocycles. The molecule has 1 atom stereocenters. The van der Waals surface area contributed by atoms with Crippen LogP contribution in [-0.4, -0.2) is 27.8 Å². The lowest BCUT2D eigenvalue weighted by molar-refractivity contribution is -0.117. The van der Waals surface area contributed by atoms with E-state index in [2.05, 4.69) is 5.32 Å². The van der Waals surface area contributed by atoms with E-state index < -0.39 is 10.0 Å². The van der Waals surface area contributed by atoms with Crippen LogP contribution in [0.4, 0.5) is 5.69 Å². The van der Waals surface area contributed by atoms with Crippen molar-refractivity contribution in [1.29, 1.82) is 0 Å². The molecule has 0 radical (unpaired) electrons. The molecular formula is C22H28N2O3S. The Morgan fingerprint density at radius 1 is 1.07 bits per heavy atom. The Morgan fingerprint density at radius 2 is 1.82 bits per heavy atom. The molecule has 2 aromatic carbocycles. The van der Waals surface area contributed by atoms with E-state index in [9.17, 15) is 13.2 Å².